The molecule has 0 saturated heterocycles. The summed E-state index contributed by atoms with van der Waals surface area (Å²) >= 11 is 0. The van der Waals surface area contributed by atoms with Crippen LogP contribution in [0.5, 0.6) is 17.2 Å². The normalized spacial score (nSPS) is 16.5. The molecule has 0 fully saturated rings. The molecule has 0 saturated carbocycles. The van der Waals surface area contributed by atoms with Crippen molar-refractivity contribution in [2.75, 3.05) is 202 Å². The molecule has 124 heavy (non-hydrogen) atoms. The van der Waals surface area contributed by atoms with Crippen LogP contribution in [0, 0.1) is 0 Å². The molecular weight excluding hydrogens is 1540 g/mol. The molecule has 19 rings (SSSR count). The van der Waals surface area contributed by atoms with Crippen LogP contribution >= 0.6 is 0 Å². The lowest BCUT2D eigenvalue weighted by Crippen LogP contribution is -2.48. The number of aromatic hydroxyl groups is 3. The largest absolute Gasteiger partial charge is 0.506 e. The quantitative estimate of drug-likeness (QED) is 0.0212. The molecule has 648 valence electrons. The van der Waals surface area contributed by atoms with Crippen molar-refractivity contribution in [3.8, 4) is 17.2 Å². The van der Waals surface area contributed by atoms with Crippen LogP contribution < -0.4 is 73.6 Å². The third-order valence-corrected chi connectivity index (χ3v) is 26.4. The van der Waals surface area contributed by atoms with Crippen LogP contribution in [-0.4, -0.2) is 173 Å². The Morgan fingerprint density at radius 1 is 0.242 bits per heavy atom. The van der Waals surface area contributed by atoms with E-state index in [1.165, 1.54) is 113 Å². The fourth-order valence-electron chi connectivity index (χ4n) is 20.9. The van der Waals surface area contributed by atoms with E-state index in [4.69, 9.17) is 39.5 Å². The molecule has 8 aliphatic rings. The van der Waals surface area contributed by atoms with Crippen LogP contribution in [-0.2, 0) is 63.2 Å². The van der Waals surface area contributed by atoms with E-state index in [0.717, 1.165) is 195 Å². The number of nitrogens with zero attached hydrogens (tertiary/aromatic N) is 14. The lowest BCUT2D eigenvalue weighted by Gasteiger charge is -2.48. The summed E-state index contributed by atoms with van der Waals surface area (Å²) < 4.78 is 0. The average molecular weight is 1670 g/mol. The summed E-state index contributed by atoms with van der Waals surface area (Å²) in [7, 11) is 13.2. The van der Waals surface area contributed by atoms with E-state index in [9.17, 15) is 10.2 Å². The Labute approximate surface area is 733 Å². The summed E-state index contributed by atoms with van der Waals surface area (Å²) in [6, 6.07) is 70.3. The fourth-order valence-corrected chi connectivity index (χ4v) is 20.9. The Morgan fingerprint density at radius 3 is 0.871 bits per heavy atom. The van der Waals surface area contributed by atoms with Crippen molar-refractivity contribution in [3.63, 3.8) is 0 Å². The van der Waals surface area contributed by atoms with Gasteiger partial charge in [0.2, 0.25) is 0 Å². The molecule has 0 radical (unpaired) electrons. The molecule has 11 aromatic carbocycles. The van der Waals surface area contributed by atoms with E-state index >= 15 is 0 Å². The molecule has 0 aromatic heterocycles. The Balaban J connectivity index is 0.000000156. The third-order valence-electron chi connectivity index (χ3n) is 26.4. The number of rotatable bonds is 14. The van der Waals surface area contributed by atoms with E-state index in [1.807, 2.05) is 60.7 Å². The van der Waals surface area contributed by atoms with E-state index in [0.29, 0.717) is 22.9 Å². The highest BCUT2D eigenvalue weighted by Gasteiger charge is 2.45. The Kier molecular flexibility index (Phi) is 24.2. The first kappa shape index (κ1) is 85.3. The van der Waals surface area contributed by atoms with Crippen LogP contribution in [0.2, 0.25) is 0 Å². The molecule has 0 unspecified atom stereocenters. The van der Waals surface area contributed by atoms with Crippen LogP contribution in [0.3, 0.4) is 0 Å². The molecule has 0 amide bonds. The minimum absolute atomic E-state index is 0.0733. The molecule has 0 spiro atoms. The van der Waals surface area contributed by atoms with E-state index in [-0.39, 0.29) is 5.75 Å². The topological polar surface area (TPSA) is 262 Å². The molecule has 23 nitrogen and oxygen atoms in total. The molecular formula is C101H126N20O3. The zero-order chi connectivity index (χ0) is 87.3. The third kappa shape index (κ3) is 16.0. The molecule has 23 heteroatoms. The van der Waals surface area contributed by atoms with Gasteiger partial charge in [0.05, 0.1) is 74.6 Å². The summed E-state index contributed by atoms with van der Waals surface area (Å²) in [5, 5.41) is 31.3. The first-order valence-electron chi connectivity index (χ1n) is 43.9. The lowest BCUT2D eigenvalue weighted by atomic mass is 9.63. The van der Waals surface area contributed by atoms with Crippen molar-refractivity contribution in [1.29, 1.82) is 0 Å². The number of hydrogen-bond acceptors (Lipinski definition) is 23. The minimum atomic E-state index is -0.648. The van der Waals surface area contributed by atoms with Gasteiger partial charge in [0.15, 0.2) is 0 Å². The maximum absolute atomic E-state index is 11.9. The summed E-state index contributed by atoms with van der Waals surface area (Å²) in [6.45, 7) is 32.3. The first-order valence-corrected chi connectivity index (χ1v) is 43.9. The van der Waals surface area contributed by atoms with Gasteiger partial charge >= 0.3 is 0 Å². The van der Waals surface area contributed by atoms with Crippen molar-refractivity contribution < 1.29 is 15.3 Å². The number of anilines is 14. The predicted octanol–water partition coefficient (Wildman–Crippen LogP) is 14.8. The Hall–Kier alpha value is -12.2. The number of phenols is 3. The standard InChI is InChI=1S/C54H68N10O.C25H24N4.C16H26N4O.C6H8N2O/c1-9-59-32-55(5)26-37-21-42(13-17-47(37)59)54(43-14-18-48-38(22-43)27-56(6)33-60(48)10-2,44-15-19-49-39(23-44)28-57(7)34-61(49)11-3)45-16-20-50-40(24-45)30-64-36-63(50)31-46-52-41(25-51(65)53(46)64)29-58(8)35-62(52)12-4;26-21-9-1-17(2-10-21)25(18-3-11-22(27)12-4-18,19-5-13-23(28)14-6-19)20-7-15-24(29)16-8-20;1-5-19-10-17(3)8-12-7-14(21)16-13(15(12)19)9-18(4)11-20(16)6-2;7-4-1-2-6(9)5(8)3-4/h13-25,65H,9-12,26-36H2,1-8H3;1-16H,26-29H2;7,21H,5-6,8-11H2,1-4H3;1-3,9H,7-8H2. The summed E-state index contributed by atoms with van der Waals surface area (Å²) in [5.74, 6) is 0.911. The maximum atomic E-state index is 11.9. The van der Waals surface area contributed by atoms with Gasteiger partial charge in [-0.05, 0) is 265 Å². The Bertz CT molecular complexity index is 5330. The fraction of sp³-hybridized carbons (Fsp3) is 0.347. The first-order chi connectivity index (χ1) is 59.7. The van der Waals surface area contributed by atoms with E-state index in [2.05, 4.69) is 274 Å². The van der Waals surface area contributed by atoms with Crippen molar-refractivity contribution >= 4 is 79.6 Å². The zero-order valence-corrected chi connectivity index (χ0v) is 74.5. The average Bonchev–Trinajstić information content (AvgIpc) is 0.707. The van der Waals surface area contributed by atoms with Gasteiger partial charge in [0, 0.05) is 165 Å². The second kappa shape index (κ2) is 35.2. The van der Waals surface area contributed by atoms with Crippen LogP contribution in [0.15, 0.2) is 200 Å². The maximum Gasteiger partial charge on any atom is 0.139 e. The predicted molar refractivity (Wildman–Crippen MR) is 514 cm³/mol. The zero-order valence-electron chi connectivity index (χ0n) is 74.5. The van der Waals surface area contributed by atoms with E-state index < -0.39 is 10.8 Å². The monoisotopic (exact) mass is 1670 g/mol. The lowest BCUT2D eigenvalue weighted by molar-refractivity contribution is 0.293. The highest BCUT2D eigenvalue weighted by Crippen LogP contribution is 2.55. The summed E-state index contributed by atoms with van der Waals surface area (Å²) in [5.41, 5.74) is 67.1. The summed E-state index contributed by atoms with van der Waals surface area (Å²) in [6.07, 6.45) is 0. The number of fused-ring (bicyclic) bond motifs is 14. The highest BCUT2D eigenvalue weighted by molar-refractivity contribution is 5.83. The molecule has 2 bridgehead atoms. The minimum Gasteiger partial charge on any atom is -0.506 e. The van der Waals surface area contributed by atoms with Gasteiger partial charge in [-0.2, -0.15) is 0 Å². The molecule has 0 aliphatic carbocycles. The second-order valence-electron chi connectivity index (χ2n) is 35.2. The second-order valence-corrected chi connectivity index (χ2v) is 35.2. The van der Waals surface area contributed by atoms with Gasteiger partial charge in [-0.25, -0.2) is 0 Å². The van der Waals surface area contributed by atoms with Gasteiger partial charge in [0.25, 0.3) is 0 Å². The molecule has 11 aromatic rings. The van der Waals surface area contributed by atoms with E-state index in [1.54, 1.807) is 6.07 Å². The number of nitrogens with two attached hydrogens (primary N) is 6. The van der Waals surface area contributed by atoms with Crippen molar-refractivity contribution in [1.82, 2.24) is 29.4 Å². The SMILES string of the molecule is CCN1CN(C)Cc2c1c(O)cc1c2N(CC)CN(C)C1.CCN1CN(C)Cc2cc(C(c3ccc4c(c3)CN(C)CN4CC)(c3ccc4c(c3)CN(C)CN4CC)c3ccc4c(c3)CN3CN4Cc4c3c(O)cc3c4N(CC)CN(C)C3)ccc21.Nc1ccc(C(c2ccc(N)cc2)(c2ccc(N)cc2)c2ccc(N)cc2)cc1.Nc1ccc(O)c(N)c1. The van der Waals surface area contributed by atoms with Gasteiger partial charge < -0.3 is 88.9 Å². The number of nitrogen functional groups attached to an aromatic ring is 6. The number of hydrogen-bond donors (Lipinski definition) is 9. The van der Waals surface area contributed by atoms with Crippen LogP contribution in [0.1, 0.15) is 131 Å². The molecule has 8 heterocycles. The van der Waals surface area contributed by atoms with Crippen molar-refractivity contribution in [2.24, 2.45) is 0 Å². The van der Waals surface area contributed by atoms with Gasteiger partial charge in [-0.1, -0.05) is 97.1 Å². The Morgan fingerprint density at radius 2 is 0.524 bits per heavy atom. The molecule has 8 aliphatic heterocycles. The van der Waals surface area contributed by atoms with Gasteiger partial charge in [0.1, 0.15) is 17.2 Å². The number of benzene rings is 11. The number of phenolic OH excluding ortho intramolecular Hbond substituents is 3. The molecule has 15 N–H and O–H groups in total. The van der Waals surface area contributed by atoms with Crippen LogP contribution in [0.25, 0.3) is 0 Å². The highest BCUT2D eigenvalue weighted by atomic mass is 16.3. The van der Waals surface area contributed by atoms with Crippen LogP contribution in [0.4, 0.5) is 79.6 Å². The van der Waals surface area contributed by atoms with Crippen molar-refractivity contribution in [3.05, 3.63) is 289 Å². The summed E-state index contributed by atoms with van der Waals surface area (Å²) in [4.78, 5) is 34.0. The van der Waals surface area contributed by atoms with Crippen molar-refractivity contribution in [2.45, 2.75) is 105 Å². The van der Waals surface area contributed by atoms with Gasteiger partial charge in [-0.15, -0.1) is 0 Å². The van der Waals surface area contributed by atoms with Gasteiger partial charge in [-0.3, -0.25) is 29.4 Å². The smallest absolute Gasteiger partial charge is 0.139 e. The molecule has 0 atom stereocenters.